The van der Waals surface area contributed by atoms with Crippen LogP contribution in [-0.2, 0) is 16.8 Å². The van der Waals surface area contributed by atoms with Crippen molar-refractivity contribution >= 4 is 22.5 Å². The molecule has 4 aromatic rings. The van der Waals surface area contributed by atoms with E-state index in [0.717, 1.165) is 56.7 Å². The Hall–Kier alpha value is -3.64. The van der Waals surface area contributed by atoms with Crippen molar-refractivity contribution in [1.82, 2.24) is 10.2 Å². The van der Waals surface area contributed by atoms with E-state index in [-0.39, 0.29) is 18.4 Å². The Morgan fingerprint density at radius 1 is 1.16 bits per heavy atom. The lowest BCUT2D eigenvalue weighted by atomic mass is 9.91. The number of fused-ring (bicyclic) bond motifs is 3. The summed E-state index contributed by atoms with van der Waals surface area (Å²) >= 11 is 0. The van der Waals surface area contributed by atoms with E-state index in [9.17, 15) is 9.90 Å². The van der Waals surface area contributed by atoms with Crippen LogP contribution in [0.3, 0.4) is 0 Å². The van der Waals surface area contributed by atoms with Crippen molar-refractivity contribution in [3.8, 4) is 17.0 Å². The number of hydrogen-bond donors (Lipinski definition) is 3. The molecule has 1 aliphatic carbocycles. The first-order valence-electron chi connectivity index (χ1n) is 10.3. The van der Waals surface area contributed by atoms with Crippen LogP contribution >= 0.6 is 0 Å². The number of ether oxygens (including phenoxy) is 1. The first-order valence-corrected chi connectivity index (χ1v) is 10.3. The molecule has 1 saturated carbocycles. The van der Waals surface area contributed by atoms with Gasteiger partial charge in [-0.25, -0.2) is 0 Å². The summed E-state index contributed by atoms with van der Waals surface area (Å²) in [5.74, 6) is 0.945. The number of rotatable bonds is 4. The van der Waals surface area contributed by atoms with Gasteiger partial charge in [0.05, 0.1) is 30.3 Å². The van der Waals surface area contributed by atoms with Gasteiger partial charge in [-0.05, 0) is 53.4 Å². The number of H-pyrrole nitrogens is 1. The van der Waals surface area contributed by atoms with Crippen molar-refractivity contribution in [3.63, 3.8) is 0 Å². The molecule has 2 heterocycles. The molecule has 154 valence electrons. The molecule has 6 rings (SSSR count). The van der Waals surface area contributed by atoms with E-state index in [4.69, 9.17) is 4.74 Å². The summed E-state index contributed by atoms with van der Waals surface area (Å²) < 4.78 is 5.39. The number of aromatic nitrogens is 2. The highest BCUT2D eigenvalue weighted by atomic mass is 16.5. The third-order valence-electron chi connectivity index (χ3n) is 6.69. The van der Waals surface area contributed by atoms with Crippen molar-refractivity contribution in [2.45, 2.75) is 24.4 Å². The van der Waals surface area contributed by atoms with Gasteiger partial charge in [0.25, 0.3) is 0 Å². The molecular formula is C25H21N3O3. The summed E-state index contributed by atoms with van der Waals surface area (Å²) in [7, 11) is 1.64. The maximum Gasteiger partial charge on any atom is 0.235 e. The highest BCUT2D eigenvalue weighted by Gasteiger charge is 2.65. The van der Waals surface area contributed by atoms with Gasteiger partial charge in [-0.1, -0.05) is 30.3 Å². The zero-order valence-corrected chi connectivity index (χ0v) is 17.0. The first-order chi connectivity index (χ1) is 15.1. The Morgan fingerprint density at radius 3 is 2.90 bits per heavy atom. The number of aliphatic hydroxyl groups excluding tert-OH is 1. The molecule has 31 heavy (non-hydrogen) atoms. The number of nitrogens with zero attached hydrogens (tertiary/aromatic N) is 1. The summed E-state index contributed by atoms with van der Waals surface area (Å²) in [5.41, 5.74) is 6.11. The van der Waals surface area contributed by atoms with E-state index >= 15 is 0 Å². The first kappa shape index (κ1) is 18.2. The van der Waals surface area contributed by atoms with Gasteiger partial charge in [0, 0.05) is 22.6 Å². The van der Waals surface area contributed by atoms with Gasteiger partial charge in [-0.3, -0.25) is 9.89 Å². The second-order valence-corrected chi connectivity index (χ2v) is 8.33. The van der Waals surface area contributed by atoms with Crippen LogP contribution in [-0.4, -0.2) is 28.3 Å². The quantitative estimate of drug-likeness (QED) is 0.472. The summed E-state index contributed by atoms with van der Waals surface area (Å²) in [4.78, 5) is 12.9. The van der Waals surface area contributed by atoms with E-state index < -0.39 is 5.41 Å². The van der Waals surface area contributed by atoms with Gasteiger partial charge >= 0.3 is 0 Å². The number of methoxy groups -OCH3 is 1. The number of aliphatic hydroxyl groups is 1. The minimum atomic E-state index is -0.518. The molecule has 6 heteroatoms. The smallest absolute Gasteiger partial charge is 0.235 e. The number of aromatic amines is 1. The van der Waals surface area contributed by atoms with E-state index in [1.807, 2.05) is 42.5 Å². The number of carbonyl (C=O) groups excluding carboxylic acids is 1. The number of amides is 1. The molecular weight excluding hydrogens is 390 g/mol. The Kier molecular flexibility index (Phi) is 3.76. The molecule has 3 aromatic carbocycles. The normalized spacial score (nSPS) is 21.4. The van der Waals surface area contributed by atoms with E-state index in [0.29, 0.717) is 0 Å². The fourth-order valence-electron chi connectivity index (χ4n) is 4.99. The Bertz CT molecular complexity index is 1360. The van der Waals surface area contributed by atoms with Crippen LogP contribution in [0.4, 0.5) is 5.69 Å². The lowest BCUT2D eigenvalue weighted by molar-refractivity contribution is -0.118. The largest absolute Gasteiger partial charge is 0.497 e. The molecule has 1 aromatic heterocycles. The lowest BCUT2D eigenvalue weighted by Crippen LogP contribution is -2.21. The van der Waals surface area contributed by atoms with Gasteiger partial charge < -0.3 is 15.2 Å². The van der Waals surface area contributed by atoms with Crippen molar-refractivity contribution in [3.05, 3.63) is 77.4 Å². The third kappa shape index (κ3) is 2.55. The summed E-state index contributed by atoms with van der Waals surface area (Å²) in [6.07, 6.45) is 0.782. The second-order valence-electron chi connectivity index (χ2n) is 8.33. The number of anilines is 1. The summed E-state index contributed by atoms with van der Waals surface area (Å²) in [6.45, 7) is -0.00156. The van der Waals surface area contributed by atoms with E-state index in [1.54, 1.807) is 7.11 Å². The van der Waals surface area contributed by atoms with Crippen LogP contribution in [0.15, 0.2) is 60.7 Å². The highest BCUT2D eigenvalue weighted by Crippen LogP contribution is 2.65. The average molecular weight is 411 g/mol. The zero-order valence-electron chi connectivity index (χ0n) is 17.0. The molecule has 1 spiro atoms. The van der Waals surface area contributed by atoms with Crippen LogP contribution < -0.4 is 10.1 Å². The van der Waals surface area contributed by atoms with Gasteiger partial charge in [-0.15, -0.1) is 0 Å². The Balaban J connectivity index is 1.38. The molecule has 0 radical (unpaired) electrons. The van der Waals surface area contributed by atoms with Crippen molar-refractivity contribution in [1.29, 1.82) is 0 Å². The van der Waals surface area contributed by atoms with Gasteiger partial charge in [-0.2, -0.15) is 5.10 Å². The number of benzene rings is 3. The van der Waals surface area contributed by atoms with Crippen molar-refractivity contribution in [2.24, 2.45) is 0 Å². The summed E-state index contributed by atoms with van der Waals surface area (Å²) in [6, 6.07) is 19.8. The molecule has 0 bridgehead atoms. The highest BCUT2D eigenvalue weighted by molar-refractivity contribution is 6.10. The predicted molar refractivity (Wildman–Crippen MR) is 118 cm³/mol. The standard InChI is InChI=1S/C25H21N3O3/c1-31-17-6-8-21-19(11-17)25(24(30)26-21)12-20(25)15-5-7-18-22(10-15)27-28-23(18)16-4-2-3-14(9-16)13-29/h2-11,20,29H,12-13H2,1H3,(H,26,30)(H,27,28). The van der Waals surface area contributed by atoms with Crippen molar-refractivity contribution in [2.75, 3.05) is 12.4 Å². The molecule has 6 nitrogen and oxygen atoms in total. The molecule has 2 aliphatic rings. The van der Waals surface area contributed by atoms with Gasteiger partial charge in [0.1, 0.15) is 5.75 Å². The zero-order chi connectivity index (χ0) is 21.2. The van der Waals surface area contributed by atoms with Crippen molar-refractivity contribution < 1.29 is 14.6 Å². The minimum absolute atomic E-state index is 0.00156. The average Bonchev–Trinajstić information content (AvgIpc) is 3.33. The van der Waals surface area contributed by atoms with E-state index in [1.165, 1.54) is 0 Å². The molecule has 1 amide bonds. The van der Waals surface area contributed by atoms with E-state index in [2.05, 4.69) is 33.7 Å². The van der Waals surface area contributed by atoms with Gasteiger partial charge in [0.2, 0.25) is 5.91 Å². The number of carbonyl (C=O) groups is 1. The molecule has 3 N–H and O–H groups in total. The molecule has 2 unspecified atom stereocenters. The second kappa shape index (κ2) is 6.43. The summed E-state index contributed by atoms with van der Waals surface area (Å²) in [5, 5.41) is 21.2. The SMILES string of the molecule is COc1ccc2c(c1)C1(CC1c1ccc3c(-c4cccc(CO)c4)n[nH]c3c1)C(=O)N2. The third-order valence-corrected chi connectivity index (χ3v) is 6.69. The van der Waals surface area contributed by atoms with Crippen LogP contribution in [0.2, 0.25) is 0 Å². The fourth-order valence-corrected chi connectivity index (χ4v) is 4.99. The molecule has 1 aliphatic heterocycles. The molecule has 1 fully saturated rings. The lowest BCUT2D eigenvalue weighted by Gasteiger charge is -2.10. The molecule has 2 atom stereocenters. The van der Waals surface area contributed by atoms with Gasteiger partial charge in [0.15, 0.2) is 0 Å². The number of nitrogens with one attached hydrogen (secondary N) is 2. The van der Waals surface area contributed by atoms with Crippen LogP contribution in [0.25, 0.3) is 22.2 Å². The molecule has 0 saturated heterocycles. The number of hydrogen-bond acceptors (Lipinski definition) is 4. The topological polar surface area (TPSA) is 87.2 Å². The maximum absolute atomic E-state index is 12.9. The predicted octanol–water partition coefficient (Wildman–Crippen LogP) is 4.11. The van der Waals surface area contributed by atoms with Crippen LogP contribution in [0, 0.1) is 0 Å². The van der Waals surface area contributed by atoms with Crippen LogP contribution in [0.5, 0.6) is 5.75 Å². The maximum atomic E-state index is 12.9. The fraction of sp³-hybridized carbons (Fsp3) is 0.200. The Labute approximate surface area is 178 Å². The Morgan fingerprint density at radius 2 is 2.06 bits per heavy atom. The monoisotopic (exact) mass is 411 g/mol. The minimum Gasteiger partial charge on any atom is -0.497 e. The van der Waals surface area contributed by atoms with Crippen LogP contribution in [0.1, 0.15) is 29.0 Å².